The van der Waals surface area contributed by atoms with Crippen LogP contribution in [0.5, 0.6) is 0 Å². The molecule has 0 spiro atoms. The van der Waals surface area contributed by atoms with Crippen LogP contribution in [0.2, 0.25) is 0 Å². The van der Waals surface area contributed by atoms with Crippen LogP contribution in [-0.2, 0) is 28.3 Å². The van der Waals surface area contributed by atoms with Crippen molar-refractivity contribution < 1.29 is 14.6 Å². The van der Waals surface area contributed by atoms with Crippen LogP contribution in [0.3, 0.4) is 0 Å². The van der Waals surface area contributed by atoms with Crippen molar-refractivity contribution in [1.29, 1.82) is 0 Å². The van der Waals surface area contributed by atoms with Gasteiger partial charge in [-0.1, -0.05) is 19.1 Å². The van der Waals surface area contributed by atoms with Gasteiger partial charge < -0.3 is 19.7 Å². The van der Waals surface area contributed by atoms with Crippen molar-refractivity contribution in [2.45, 2.75) is 45.1 Å². The van der Waals surface area contributed by atoms with Crippen LogP contribution < -0.4 is 10.9 Å². The minimum atomic E-state index is -1.77. The third-order valence-corrected chi connectivity index (χ3v) is 6.04. The maximum absolute atomic E-state index is 13.1. The Hall–Kier alpha value is -2.86. The van der Waals surface area contributed by atoms with Crippen molar-refractivity contribution in [3.8, 4) is 0 Å². The van der Waals surface area contributed by atoms with E-state index in [-0.39, 0.29) is 24.6 Å². The van der Waals surface area contributed by atoms with E-state index >= 15 is 0 Å². The molecule has 138 valence electrons. The largest absolute Gasteiger partial charge is 0.458 e. The van der Waals surface area contributed by atoms with Gasteiger partial charge in [0.2, 0.25) is 0 Å². The van der Waals surface area contributed by atoms with Crippen LogP contribution >= 0.6 is 0 Å². The maximum Gasteiger partial charge on any atom is 0.343 e. The number of aromatic nitrogens is 1. The lowest BCUT2D eigenvalue weighted by Gasteiger charge is -2.32. The van der Waals surface area contributed by atoms with E-state index in [1.54, 1.807) is 17.6 Å². The zero-order valence-electron chi connectivity index (χ0n) is 15.2. The Morgan fingerprint density at radius 1 is 1.37 bits per heavy atom. The summed E-state index contributed by atoms with van der Waals surface area (Å²) in [5.74, 6) is -0.687. The Morgan fingerprint density at radius 2 is 2.19 bits per heavy atom. The summed E-state index contributed by atoms with van der Waals surface area (Å²) in [5, 5.41) is 14.4. The molecule has 0 radical (unpaired) electrons. The number of nitrogens with zero attached hydrogens (tertiary/aromatic N) is 1. The molecule has 27 heavy (non-hydrogen) atoms. The normalized spacial score (nSPS) is 24.8. The second-order valence-electron chi connectivity index (χ2n) is 7.48. The molecule has 2 atom stereocenters. The SMILES string of the molecule is CC[C@@]1(O)C(=O)OCc2c1cc1n(c2=O)CC2=Cc3c(C)cccc3NC21. The first-order valence-electron chi connectivity index (χ1n) is 9.17. The fraction of sp³-hybridized carbons (Fsp3) is 0.333. The van der Waals surface area contributed by atoms with Gasteiger partial charge in [0, 0.05) is 29.1 Å². The maximum atomic E-state index is 13.1. The fourth-order valence-electron chi connectivity index (χ4n) is 4.42. The summed E-state index contributed by atoms with van der Waals surface area (Å²) in [6.45, 7) is 4.18. The number of hydrogen-bond acceptors (Lipinski definition) is 5. The Labute approximate surface area is 156 Å². The lowest BCUT2D eigenvalue weighted by molar-refractivity contribution is -0.172. The van der Waals surface area contributed by atoms with Crippen molar-refractivity contribution in [2.24, 2.45) is 0 Å². The number of anilines is 1. The summed E-state index contributed by atoms with van der Waals surface area (Å²) in [7, 11) is 0. The summed E-state index contributed by atoms with van der Waals surface area (Å²) >= 11 is 0. The molecule has 3 aliphatic heterocycles. The molecule has 4 heterocycles. The van der Waals surface area contributed by atoms with Gasteiger partial charge in [-0.25, -0.2) is 4.79 Å². The molecule has 0 saturated carbocycles. The van der Waals surface area contributed by atoms with Crippen LogP contribution in [-0.4, -0.2) is 15.6 Å². The Kier molecular flexibility index (Phi) is 3.22. The summed E-state index contributed by atoms with van der Waals surface area (Å²) in [5.41, 5.74) is 4.00. The predicted octanol–water partition coefficient (Wildman–Crippen LogP) is 2.37. The van der Waals surface area contributed by atoms with E-state index in [1.165, 1.54) is 5.56 Å². The highest BCUT2D eigenvalue weighted by Gasteiger charge is 2.46. The van der Waals surface area contributed by atoms with Gasteiger partial charge in [0.05, 0.1) is 11.6 Å². The van der Waals surface area contributed by atoms with E-state index in [0.29, 0.717) is 17.7 Å². The van der Waals surface area contributed by atoms with E-state index in [4.69, 9.17) is 4.74 Å². The first-order valence-corrected chi connectivity index (χ1v) is 9.17. The lowest BCUT2D eigenvalue weighted by atomic mass is 9.85. The van der Waals surface area contributed by atoms with Gasteiger partial charge in [0.25, 0.3) is 5.56 Å². The highest BCUT2D eigenvalue weighted by Crippen LogP contribution is 2.43. The summed E-state index contributed by atoms with van der Waals surface area (Å²) in [4.78, 5) is 25.3. The van der Waals surface area contributed by atoms with Crippen LogP contribution in [0, 0.1) is 6.92 Å². The molecular formula is C21H20N2O4. The van der Waals surface area contributed by atoms with Crippen LogP contribution in [0.25, 0.3) is 6.08 Å². The molecule has 0 saturated heterocycles. The number of pyridine rings is 1. The summed E-state index contributed by atoms with van der Waals surface area (Å²) < 4.78 is 6.83. The van der Waals surface area contributed by atoms with Gasteiger partial charge in [0.15, 0.2) is 5.60 Å². The third-order valence-electron chi connectivity index (χ3n) is 6.04. The number of carbonyl (C=O) groups excluding carboxylic acids is 1. The van der Waals surface area contributed by atoms with E-state index in [2.05, 4.69) is 24.4 Å². The van der Waals surface area contributed by atoms with Crippen LogP contribution in [0.15, 0.2) is 34.6 Å². The van der Waals surface area contributed by atoms with Crippen LogP contribution in [0.1, 0.15) is 47.3 Å². The number of hydrogen-bond donors (Lipinski definition) is 2. The van der Waals surface area contributed by atoms with Gasteiger partial charge in [0.1, 0.15) is 6.61 Å². The van der Waals surface area contributed by atoms with Gasteiger partial charge in [-0.3, -0.25) is 4.79 Å². The number of cyclic esters (lactones) is 1. The Morgan fingerprint density at radius 3 is 2.96 bits per heavy atom. The minimum absolute atomic E-state index is 0.0912. The zero-order chi connectivity index (χ0) is 18.9. The highest BCUT2D eigenvalue weighted by molar-refractivity contribution is 5.83. The van der Waals surface area contributed by atoms with E-state index in [9.17, 15) is 14.7 Å². The molecule has 6 heteroatoms. The zero-order valence-corrected chi connectivity index (χ0v) is 15.2. The van der Waals surface area contributed by atoms with E-state index < -0.39 is 11.6 Å². The Balaban J connectivity index is 1.71. The van der Waals surface area contributed by atoms with E-state index in [1.807, 2.05) is 12.1 Å². The molecule has 0 fully saturated rings. The fourth-order valence-corrected chi connectivity index (χ4v) is 4.42. The molecule has 5 rings (SSSR count). The molecule has 0 aliphatic carbocycles. The smallest absolute Gasteiger partial charge is 0.343 e. The third kappa shape index (κ3) is 2.04. The van der Waals surface area contributed by atoms with E-state index in [0.717, 1.165) is 22.5 Å². The number of rotatable bonds is 1. The van der Waals surface area contributed by atoms with Crippen molar-refractivity contribution >= 4 is 17.7 Å². The standard InChI is InChI=1S/C21H20N2O4/c1-3-21(26)15-8-17-18-12(7-13-11(2)5-4-6-16(13)22-18)9-23(17)19(24)14(15)10-27-20(21)25/h4-8,18,22,26H,3,9-10H2,1-2H3/t18?,21-/m0/s1. The second kappa shape index (κ2) is 5.33. The quantitative estimate of drug-likeness (QED) is 0.760. The second-order valence-corrected chi connectivity index (χ2v) is 7.48. The topological polar surface area (TPSA) is 80.6 Å². The Bertz CT molecular complexity index is 1100. The molecule has 2 N–H and O–H groups in total. The van der Waals surface area contributed by atoms with Gasteiger partial charge in [-0.2, -0.15) is 0 Å². The molecule has 0 amide bonds. The molecule has 6 nitrogen and oxygen atoms in total. The van der Waals surface area contributed by atoms with Crippen molar-refractivity contribution in [1.82, 2.24) is 4.57 Å². The number of nitrogens with one attached hydrogen (secondary N) is 1. The molecule has 2 aromatic rings. The lowest BCUT2D eigenvalue weighted by Crippen LogP contribution is -2.44. The number of ether oxygens (including phenoxy) is 1. The number of esters is 1. The number of aliphatic hydroxyl groups is 1. The number of fused-ring (bicyclic) bond motifs is 5. The molecule has 0 bridgehead atoms. The number of benzene rings is 1. The van der Waals surface area contributed by atoms with Gasteiger partial charge >= 0.3 is 5.97 Å². The highest BCUT2D eigenvalue weighted by atomic mass is 16.6. The first-order chi connectivity index (χ1) is 12.9. The van der Waals surface area contributed by atoms with Gasteiger partial charge in [-0.15, -0.1) is 0 Å². The van der Waals surface area contributed by atoms with Crippen molar-refractivity contribution in [2.75, 3.05) is 5.32 Å². The molecule has 3 aliphatic rings. The first kappa shape index (κ1) is 16.3. The van der Waals surface area contributed by atoms with Crippen LogP contribution in [0.4, 0.5) is 5.69 Å². The molecule has 1 unspecified atom stereocenters. The molecule has 1 aromatic carbocycles. The predicted molar refractivity (Wildman–Crippen MR) is 100 cm³/mol. The average molecular weight is 364 g/mol. The average Bonchev–Trinajstić information content (AvgIpc) is 3.02. The van der Waals surface area contributed by atoms with Crippen molar-refractivity contribution in [3.05, 3.63) is 68.1 Å². The molecular weight excluding hydrogens is 344 g/mol. The number of carbonyl (C=O) groups is 1. The molecule has 1 aromatic heterocycles. The van der Waals surface area contributed by atoms with Gasteiger partial charge in [-0.05, 0) is 42.7 Å². The monoisotopic (exact) mass is 364 g/mol. The number of aryl methyl sites for hydroxylation is 1. The summed E-state index contributed by atoms with van der Waals surface area (Å²) in [6, 6.07) is 7.75. The minimum Gasteiger partial charge on any atom is -0.458 e. The van der Waals surface area contributed by atoms with Crippen molar-refractivity contribution in [3.63, 3.8) is 0 Å². The summed E-state index contributed by atoms with van der Waals surface area (Å²) in [6.07, 6.45) is 2.30.